The molecule has 23 heavy (non-hydrogen) atoms. The Morgan fingerprint density at radius 3 is 2.83 bits per heavy atom. The predicted octanol–water partition coefficient (Wildman–Crippen LogP) is 2.49. The van der Waals surface area contributed by atoms with Crippen LogP contribution in [0.5, 0.6) is 0 Å². The summed E-state index contributed by atoms with van der Waals surface area (Å²) in [6.07, 6.45) is 8.38. The van der Waals surface area contributed by atoms with Crippen molar-refractivity contribution in [3.05, 3.63) is 24.2 Å². The third kappa shape index (κ3) is 2.87. The van der Waals surface area contributed by atoms with Crippen molar-refractivity contribution in [1.29, 1.82) is 0 Å². The highest BCUT2D eigenvalue weighted by Crippen LogP contribution is 2.42. The number of amides is 1. The number of likely N-dealkylation sites (tertiary alicyclic amines) is 1. The van der Waals surface area contributed by atoms with E-state index >= 15 is 0 Å². The number of carbonyl (C=O) groups is 1. The van der Waals surface area contributed by atoms with Gasteiger partial charge in [0.2, 0.25) is 5.91 Å². The fraction of sp³-hybridized carbons (Fsp3) is 0.722. The predicted molar refractivity (Wildman–Crippen MR) is 88.6 cm³/mol. The van der Waals surface area contributed by atoms with E-state index in [0.29, 0.717) is 30.6 Å². The van der Waals surface area contributed by atoms with E-state index in [1.165, 1.54) is 26.4 Å². The first-order valence-corrected chi connectivity index (χ1v) is 8.72. The number of nitrogens with zero attached hydrogens (tertiary/aromatic N) is 1. The van der Waals surface area contributed by atoms with Gasteiger partial charge in [0.15, 0.2) is 0 Å². The maximum absolute atomic E-state index is 13.2. The number of hydrogen-bond donors (Lipinski definition) is 2. The minimum atomic E-state index is -0.352. The van der Waals surface area contributed by atoms with Gasteiger partial charge in [-0.15, -0.1) is 6.58 Å². The normalized spacial score (nSPS) is 37.5. The first-order chi connectivity index (χ1) is 11.1. The van der Waals surface area contributed by atoms with Crippen LogP contribution >= 0.6 is 0 Å². The van der Waals surface area contributed by atoms with Gasteiger partial charge < -0.3 is 20.5 Å². The van der Waals surface area contributed by atoms with Gasteiger partial charge in [-0.3, -0.25) is 4.79 Å². The van der Waals surface area contributed by atoms with Crippen LogP contribution in [-0.2, 0) is 9.53 Å². The molecule has 5 heteroatoms. The summed E-state index contributed by atoms with van der Waals surface area (Å²) in [6.45, 7) is 3.94. The second-order valence-corrected chi connectivity index (χ2v) is 7.15. The molecule has 3 aliphatic rings. The molecule has 5 atom stereocenters. The Hall–Kier alpha value is -1.49. The quantitative estimate of drug-likeness (QED) is 0.783. The maximum atomic E-state index is 13.2. The Balaban J connectivity index is 1.82. The fourth-order valence-electron chi connectivity index (χ4n) is 4.65. The molecule has 1 saturated heterocycles. The standard InChI is InChI=1S/C18H28N2O3/c1-3-12-8-11-6-4-5-7-15(11)20(12)18(22)13-9-17(23-2)16(21)10-14(13)19/h3,11-15,21H,1,4-10,19H2,2H3. The van der Waals surface area contributed by atoms with Crippen molar-refractivity contribution in [3.8, 4) is 0 Å². The van der Waals surface area contributed by atoms with Crippen LogP contribution in [0.3, 0.4) is 0 Å². The molecule has 0 bridgehead atoms. The molecule has 1 heterocycles. The molecule has 5 nitrogen and oxygen atoms in total. The molecule has 0 aromatic heterocycles. The van der Waals surface area contributed by atoms with Crippen LogP contribution in [-0.4, -0.2) is 41.1 Å². The summed E-state index contributed by atoms with van der Waals surface area (Å²) in [6, 6.07) is 0.0970. The molecule has 2 fully saturated rings. The van der Waals surface area contributed by atoms with Gasteiger partial charge in [-0.05, 0) is 25.2 Å². The van der Waals surface area contributed by atoms with Crippen LogP contribution in [0.4, 0.5) is 0 Å². The average molecular weight is 320 g/mol. The Morgan fingerprint density at radius 2 is 2.13 bits per heavy atom. The minimum Gasteiger partial charge on any atom is -0.509 e. The van der Waals surface area contributed by atoms with Gasteiger partial charge in [-0.1, -0.05) is 18.9 Å². The molecular weight excluding hydrogens is 292 g/mol. The van der Waals surface area contributed by atoms with Crippen LogP contribution in [0.25, 0.3) is 0 Å². The van der Waals surface area contributed by atoms with Crippen molar-refractivity contribution < 1.29 is 14.6 Å². The minimum absolute atomic E-state index is 0.110. The zero-order chi connectivity index (χ0) is 16.6. The second-order valence-electron chi connectivity index (χ2n) is 7.15. The lowest BCUT2D eigenvalue weighted by Crippen LogP contribution is -2.51. The highest BCUT2D eigenvalue weighted by molar-refractivity contribution is 5.81. The second kappa shape index (κ2) is 6.56. The van der Waals surface area contributed by atoms with Crippen molar-refractivity contribution in [1.82, 2.24) is 4.90 Å². The molecule has 0 radical (unpaired) electrons. The summed E-state index contributed by atoms with van der Waals surface area (Å²) in [7, 11) is 1.53. The topological polar surface area (TPSA) is 75.8 Å². The third-order valence-electron chi connectivity index (χ3n) is 5.89. The number of allylic oxidation sites excluding steroid dienone is 1. The number of nitrogens with two attached hydrogens (primary N) is 1. The SMILES string of the molecule is C=CC1CC2CCCCC2N1C(=O)C1CC(OC)=C(O)CC1N. The zero-order valence-corrected chi connectivity index (χ0v) is 13.9. The van der Waals surface area contributed by atoms with Crippen molar-refractivity contribution >= 4 is 5.91 Å². The molecule has 3 N–H and O–H groups in total. The number of carbonyl (C=O) groups excluding carboxylic acids is 1. The number of rotatable bonds is 3. The molecule has 5 unspecified atom stereocenters. The van der Waals surface area contributed by atoms with Crippen LogP contribution < -0.4 is 5.73 Å². The summed E-state index contributed by atoms with van der Waals surface area (Å²) in [5.41, 5.74) is 6.19. The van der Waals surface area contributed by atoms with Crippen molar-refractivity contribution in [2.75, 3.05) is 7.11 Å². The van der Waals surface area contributed by atoms with Gasteiger partial charge in [-0.2, -0.15) is 0 Å². The number of aliphatic hydroxyl groups excluding tert-OH is 1. The largest absolute Gasteiger partial charge is 0.509 e. The van der Waals surface area contributed by atoms with Gasteiger partial charge >= 0.3 is 0 Å². The fourth-order valence-corrected chi connectivity index (χ4v) is 4.65. The van der Waals surface area contributed by atoms with E-state index in [-0.39, 0.29) is 29.7 Å². The first-order valence-electron chi connectivity index (χ1n) is 8.72. The third-order valence-corrected chi connectivity index (χ3v) is 5.89. The highest BCUT2D eigenvalue weighted by atomic mass is 16.5. The molecule has 1 saturated carbocycles. The van der Waals surface area contributed by atoms with Crippen molar-refractivity contribution in [2.24, 2.45) is 17.6 Å². The van der Waals surface area contributed by atoms with Crippen LogP contribution in [0.15, 0.2) is 24.2 Å². The van der Waals surface area contributed by atoms with Crippen LogP contribution in [0.2, 0.25) is 0 Å². The van der Waals surface area contributed by atoms with E-state index in [1.807, 2.05) is 6.08 Å². The van der Waals surface area contributed by atoms with E-state index in [2.05, 4.69) is 11.5 Å². The number of fused-ring (bicyclic) bond motifs is 1. The summed E-state index contributed by atoms with van der Waals surface area (Å²) < 4.78 is 5.24. The summed E-state index contributed by atoms with van der Waals surface area (Å²) in [5.74, 6) is 1.07. The molecule has 2 aliphatic carbocycles. The Bertz CT molecular complexity index is 516. The Labute approximate surface area is 138 Å². The lowest BCUT2D eigenvalue weighted by Gasteiger charge is -2.38. The average Bonchev–Trinajstić information content (AvgIpc) is 2.93. The Morgan fingerprint density at radius 1 is 1.39 bits per heavy atom. The number of ether oxygens (including phenoxy) is 1. The summed E-state index contributed by atoms with van der Waals surface area (Å²) in [5, 5.41) is 9.92. The zero-order valence-electron chi connectivity index (χ0n) is 13.9. The molecule has 128 valence electrons. The maximum Gasteiger partial charge on any atom is 0.228 e. The Kier molecular flexibility index (Phi) is 4.67. The van der Waals surface area contributed by atoms with Gasteiger partial charge in [0.1, 0.15) is 11.5 Å². The van der Waals surface area contributed by atoms with Crippen LogP contribution in [0.1, 0.15) is 44.9 Å². The van der Waals surface area contributed by atoms with Crippen molar-refractivity contribution in [3.63, 3.8) is 0 Å². The lowest BCUT2D eigenvalue weighted by molar-refractivity contribution is -0.139. The molecule has 0 aromatic rings. The highest BCUT2D eigenvalue weighted by Gasteiger charge is 2.46. The van der Waals surface area contributed by atoms with Gasteiger partial charge in [0.05, 0.1) is 19.1 Å². The van der Waals surface area contributed by atoms with Gasteiger partial charge in [0, 0.05) is 24.9 Å². The van der Waals surface area contributed by atoms with Crippen LogP contribution in [0, 0.1) is 11.8 Å². The number of methoxy groups -OCH3 is 1. The van der Waals surface area contributed by atoms with E-state index in [9.17, 15) is 9.90 Å². The summed E-state index contributed by atoms with van der Waals surface area (Å²) >= 11 is 0. The molecule has 0 spiro atoms. The molecule has 1 amide bonds. The number of hydrogen-bond acceptors (Lipinski definition) is 4. The van der Waals surface area contributed by atoms with E-state index in [1.54, 1.807) is 0 Å². The molecule has 3 rings (SSSR count). The number of aliphatic hydroxyl groups is 1. The molecular formula is C18H28N2O3. The first kappa shape index (κ1) is 16.4. The summed E-state index contributed by atoms with van der Waals surface area (Å²) in [4.78, 5) is 15.3. The van der Waals surface area contributed by atoms with E-state index in [4.69, 9.17) is 10.5 Å². The lowest BCUT2D eigenvalue weighted by atomic mass is 9.83. The smallest absolute Gasteiger partial charge is 0.228 e. The monoisotopic (exact) mass is 320 g/mol. The van der Waals surface area contributed by atoms with Gasteiger partial charge in [0.25, 0.3) is 0 Å². The molecule has 1 aliphatic heterocycles. The van der Waals surface area contributed by atoms with E-state index < -0.39 is 0 Å². The van der Waals surface area contributed by atoms with Gasteiger partial charge in [-0.25, -0.2) is 0 Å². The molecule has 0 aromatic carbocycles. The van der Waals surface area contributed by atoms with E-state index in [0.717, 1.165) is 12.8 Å². The van der Waals surface area contributed by atoms with Crippen molar-refractivity contribution in [2.45, 2.75) is 63.1 Å².